The minimum Gasteiger partial charge on any atom is -0.508 e. The first-order chi connectivity index (χ1) is 9.49. The lowest BCUT2D eigenvalue weighted by Crippen LogP contribution is -2.14. The van der Waals surface area contributed by atoms with Gasteiger partial charge in [0.1, 0.15) is 10.9 Å². The van der Waals surface area contributed by atoms with Gasteiger partial charge in [0, 0.05) is 11.6 Å². The van der Waals surface area contributed by atoms with Crippen molar-refractivity contribution in [1.29, 1.82) is 0 Å². The number of methoxy groups -OCH3 is 1. The molecule has 0 unspecified atom stereocenters. The maximum atomic E-state index is 12.0. The summed E-state index contributed by atoms with van der Waals surface area (Å²) < 4.78 is 4.93. The van der Waals surface area contributed by atoms with Crippen LogP contribution in [0, 0.1) is 6.92 Å². The summed E-state index contributed by atoms with van der Waals surface area (Å²) in [5.41, 5.74) is 0.970. The molecule has 0 saturated heterocycles. The van der Waals surface area contributed by atoms with Crippen molar-refractivity contribution >= 4 is 23.5 Å². The van der Waals surface area contributed by atoms with Crippen LogP contribution in [0.3, 0.4) is 0 Å². The molecule has 1 aromatic carbocycles. The predicted molar refractivity (Wildman–Crippen MR) is 74.4 cm³/mol. The second kappa shape index (κ2) is 5.75. The first kappa shape index (κ1) is 14.1. The van der Waals surface area contributed by atoms with Gasteiger partial charge in [-0.2, -0.15) is 4.98 Å². The molecule has 0 bridgehead atoms. The second-order valence-corrected chi connectivity index (χ2v) is 4.40. The number of phenols is 1. The van der Waals surface area contributed by atoms with E-state index in [-0.39, 0.29) is 28.3 Å². The number of carbonyl (C=O) groups excluding carboxylic acids is 1. The van der Waals surface area contributed by atoms with Gasteiger partial charge in [-0.3, -0.25) is 10.1 Å². The Balaban J connectivity index is 2.23. The van der Waals surface area contributed by atoms with E-state index in [9.17, 15) is 9.90 Å². The van der Waals surface area contributed by atoms with E-state index >= 15 is 0 Å². The molecule has 104 valence electrons. The maximum Gasteiger partial charge on any atom is 0.258 e. The van der Waals surface area contributed by atoms with E-state index in [0.29, 0.717) is 5.56 Å². The highest BCUT2D eigenvalue weighted by molar-refractivity contribution is 6.29. The number of anilines is 1. The van der Waals surface area contributed by atoms with E-state index in [1.54, 1.807) is 19.1 Å². The van der Waals surface area contributed by atoms with Gasteiger partial charge in [-0.25, -0.2) is 4.98 Å². The fourth-order valence-electron chi connectivity index (χ4n) is 1.48. The Hall–Kier alpha value is -2.34. The van der Waals surface area contributed by atoms with Crippen molar-refractivity contribution in [2.75, 3.05) is 12.4 Å². The fraction of sp³-hybridized carbons (Fsp3) is 0.154. The number of aromatic nitrogens is 2. The number of halogens is 1. The van der Waals surface area contributed by atoms with Crippen LogP contribution in [0.25, 0.3) is 0 Å². The molecule has 0 aliphatic heterocycles. The zero-order valence-corrected chi connectivity index (χ0v) is 11.6. The molecule has 0 saturated carbocycles. The number of rotatable bonds is 3. The molecule has 20 heavy (non-hydrogen) atoms. The lowest BCUT2D eigenvalue weighted by Gasteiger charge is -2.07. The Bertz CT molecular complexity index is 661. The van der Waals surface area contributed by atoms with Gasteiger partial charge in [0.25, 0.3) is 5.91 Å². The summed E-state index contributed by atoms with van der Waals surface area (Å²) in [6.07, 6.45) is 0. The number of nitrogens with zero attached hydrogens (tertiary/aromatic N) is 2. The van der Waals surface area contributed by atoms with Crippen LogP contribution in [0.2, 0.25) is 5.15 Å². The molecule has 0 radical (unpaired) electrons. The number of amides is 1. The third-order valence-corrected chi connectivity index (χ3v) is 2.77. The quantitative estimate of drug-likeness (QED) is 0.849. The first-order valence-corrected chi connectivity index (χ1v) is 6.07. The number of aromatic hydroxyl groups is 1. The van der Waals surface area contributed by atoms with Gasteiger partial charge in [-0.1, -0.05) is 17.7 Å². The van der Waals surface area contributed by atoms with Gasteiger partial charge in [0.15, 0.2) is 0 Å². The van der Waals surface area contributed by atoms with Gasteiger partial charge in [-0.05, 0) is 24.6 Å². The average Bonchev–Trinajstić information content (AvgIpc) is 2.41. The molecule has 7 heteroatoms. The minimum absolute atomic E-state index is 0.0272. The van der Waals surface area contributed by atoms with Crippen LogP contribution in [0.15, 0.2) is 24.3 Å². The zero-order valence-electron chi connectivity index (χ0n) is 10.8. The Morgan fingerprint density at radius 3 is 2.75 bits per heavy atom. The van der Waals surface area contributed by atoms with E-state index in [1.165, 1.54) is 19.2 Å². The standard InChI is InChI=1S/C13H12ClN3O3/c1-7-3-4-8(5-9(7)18)12(19)17-13-15-10(14)6-11(16-13)20-2/h3-6,18H,1-2H3,(H,15,16,17,19). The fourth-order valence-corrected chi connectivity index (χ4v) is 1.66. The molecule has 2 aromatic rings. The normalized spacial score (nSPS) is 10.2. The van der Waals surface area contributed by atoms with Gasteiger partial charge in [0.05, 0.1) is 7.11 Å². The Kier molecular flexibility index (Phi) is 4.05. The van der Waals surface area contributed by atoms with Gasteiger partial charge in [0.2, 0.25) is 11.8 Å². The van der Waals surface area contributed by atoms with Crippen LogP contribution in [0.4, 0.5) is 5.95 Å². The van der Waals surface area contributed by atoms with Crippen LogP contribution < -0.4 is 10.1 Å². The third kappa shape index (κ3) is 3.16. The van der Waals surface area contributed by atoms with Crippen molar-refractivity contribution < 1.29 is 14.6 Å². The van der Waals surface area contributed by atoms with E-state index in [2.05, 4.69) is 15.3 Å². The highest BCUT2D eigenvalue weighted by atomic mass is 35.5. The van der Waals surface area contributed by atoms with Crippen molar-refractivity contribution in [3.8, 4) is 11.6 Å². The van der Waals surface area contributed by atoms with Crippen molar-refractivity contribution in [2.24, 2.45) is 0 Å². The lowest BCUT2D eigenvalue weighted by atomic mass is 10.1. The number of ether oxygens (including phenoxy) is 1. The first-order valence-electron chi connectivity index (χ1n) is 5.69. The van der Waals surface area contributed by atoms with Gasteiger partial charge >= 0.3 is 0 Å². The molecule has 2 rings (SSSR count). The van der Waals surface area contributed by atoms with Crippen LogP contribution in [0.5, 0.6) is 11.6 Å². The molecule has 1 heterocycles. The van der Waals surface area contributed by atoms with Crippen LogP contribution in [0.1, 0.15) is 15.9 Å². The third-order valence-electron chi connectivity index (χ3n) is 2.58. The second-order valence-electron chi connectivity index (χ2n) is 4.01. The summed E-state index contributed by atoms with van der Waals surface area (Å²) in [6, 6.07) is 6.02. The van der Waals surface area contributed by atoms with E-state index < -0.39 is 5.91 Å². The van der Waals surface area contributed by atoms with Crippen molar-refractivity contribution in [3.63, 3.8) is 0 Å². The highest BCUT2D eigenvalue weighted by Gasteiger charge is 2.11. The SMILES string of the molecule is COc1cc(Cl)nc(NC(=O)c2ccc(C)c(O)c2)n1. The Morgan fingerprint density at radius 2 is 2.10 bits per heavy atom. The zero-order chi connectivity index (χ0) is 14.7. The van der Waals surface area contributed by atoms with Crippen LogP contribution in [-0.4, -0.2) is 28.1 Å². The van der Waals surface area contributed by atoms with Gasteiger partial charge in [-0.15, -0.1) is 0 Å². The number of phenolic OH excluding ortho intramolecular Hbond substituents is 1. The molecule has 0 spiro atoms. The highest BCUT2D eigenvalue weighted by Crippen LogP contribution is 2.19. The summed E-state index contributed by atoms with van der Waals surface area (Å²) in [5.74, 6) is -0.140. The number of aryl methyl sites for hydroxylation is 1. The van der Waals surface area contributed by atoms with E-state index in [1.807, 2.05) is 0 Å². The molecule has 0 aliphatic carbocycles. The van der Waals surface area contributed by atoms with Crippen LogP contribution in [-0.2, 0) is 0 Å². The number of benzene rings is 1. The van der Waals surface area contributed by atoms with E-state index in [0.717, 1.165) is 0 Å². The summed E-state index contributed by atoms with van der Waals surface area (Å²) >= 11 is 5.78. The molecule has 0 atom stereocenters. The Morgan fingerprint density at radius 1 is 1.35 bits per heavy atom. The largest absolute Gasteiger partial charge is 0.508 e. The van der Waals surface area contributed by atoms with Crippen LogP contribution >= 0.6 is 11.6 Å². The Labute approximate surface area is 120 Å². The molecule has 1 aromatic heterocycles. The smallest absolute Gasteiger partial charge is 0.258 e. The topological polar surface area (TPSA) is 84.3 Å². The number of hydrogen-bond acceptors (Lipinski definition) is 5. The van der Waals surface area contributed by atoms with Crippen molar-refractivity contribution in [3.05, 3.63) is 40.5 Å². The van der Waals surface area contributed by atoms with Crippen molar-refractivity contribution in [1.82, 2.24) is 9.97 Å². The van der Waals surface area contributed by atoms with E-state index in [4.69, 9.17) is 16.3 Å². The minimum atomic E-state index is -0.454. The predicted octanol–water partition coefficient (Wildman–Crippen LogP) is 2.40. The molecular weight excluding hydrogens is 282 g/mol. The molecule has 1 amide bonds. The molecular formula is C13H12ClN3O3. The number of nitrogens with one attached hydrogen (secondary N) is 1. The van der Waals surface area contributed by atoms with Gasteiger partial charge < -0.3 is 9.84 Å². The summed E-state index contributed by atoms with van der Waals surface area (Å²) in [7, 11) is 1.43. The molecule has 6 nitrogen and oxygen atoms in total. The monoisotopic (exact) mass is 293 g/mol. The number of carbonyl (C=O) groups is 1. The lowest BCUT2D eigenvalue weighted by molar-refractivity contribution is 0.102. The molecule has 2 N–H and O–H groups in total. The molecule has 0 aliphatic rings. The number of hydrogen-bond donors (Lipinski definition) is 2. The average molecular weight is 294 g/mol. The van der Waals surface area contributed by atoms with Crippen molar-refractivity contribution in [2.45, 2.75) is 6.92 Å². The summed E-state index contributed by atoms with van der Waals surface area (Å²) in [6.45, 7) is 1.74. The molecule has 0 fully saturated rings. The maximum absolute atomic E-state index is 12.0. The summed E-state index contributed by atoms with van der Waals surface area (Å²) in [4.78, 5) is 19.8. The summed E-state index contributed by atoms with van der Waals surface area (Å²) in [5, 5.41) is 12.2.